The third kappa shape index (κ3) is 2.87. The van der Waals surface area contributed by atoms with E-state index in [9.17, 15) is 8.78 Å². The summed E-state index contributed by atoms with van der Waals surface area (Å²) in [6.45, 7) is 0.947. The molecule has 21 heavy (non-hydrogen) atoms. The molecule has 1 aliphatic rings. The van der Waals surface area contributed by atoms with E-state index in [-0.39, 0.29) is 23.4 Å². The smallest absolute Gasteiger partial charge is 0.280 e. The highest BCUT2D eigenvalue weighted by Gasteiger charge is 2.29. The van der Waals surface area contributed by atoms with Gasteiger partial charge in [-0.05, 0) is 37.6 Å². The average Bonchev–Trinajstić information content (AvgIpc) is 2.95. The number of hydrogen-bond acceptors (Lipinski definition) is 5. The predicted molar refractivity (Wildman–Crippen MR) is 78.0 cm³/mol. The van der Waals surface area contributed by atoms with Crippen molar-refractivity contribution in [2.24, 2.45) is 0 Å². The van der Waals surface area contributed by atoms with Gasteiger partial charge >= 0.3 is 0 Å². The average molecular weight is 313 g/mol. The summed E-state index contributed by atoms with van der Waals surface area (Å²) in [6.07, 6.45) is 1.58. The monoisotopic (exact) mass is 313 g/mol. The van der Waals surface area contributed by atoms with E-state index >= 15 is 0 Å². The number of rotatable bonds is 4. The van der Waals surface area contributed by atoms with Gasteiger partial charge in [-0.1, -0.05) is 0 Å². The fourth-order valence-electron chi connectivity index (χ4n) is 2.98. The van der Waals surface area contributed by atoms with Crippen molar-refractivity contribution in [2.45, 2.75) is 37.6 Å². The van der Waals surface area contributed by atoms with Crippen molar-refractivity contribution in [2.75, 3.05) is 12.3 Å². The van der Waals surface area contributed by atoms with Crippen LogP contribution in [-0.4, -0.2) is 37.9 Å². The highest BCUT2D eigenvalue weighted by atomic mass is 32.1. The van der Waals surface area contributed by atoms with E-state index in [0.717, 1.165) is 37.3 Å². The summed E-state index contributed by atoms with van der Waals surface area (Å²) in [5.74, 6) is 1.11. The number of hydrogen-bond donors (Lipinski definition) is 2. The molecular weight excluding hydrogens is 296 g/mol. The van der Waals surface area contributed by atoms with E-state index in [0.29, 0.717) is 0 Å². The van der Waals surface area contributed by atoms with Crippen molar-refractivity contribution >= 4 is 18.4 Å². The van der Waals surface area contributed by atoms with Gasteiger partial charge in [0.15, 0.2) is 0 Å². The fraction of sp³-hybridized carbons (Fsp3) is 0.615. The Morgan fingerprint density at radius 2 is 2.33 bits per heavy atom. The van der Waals surface area contributed by atoms with Crippen molar-refractivity contribution in [1.82, 2.24) is 24.9 Å². The molecule has 0 aromatic carbocycles. The van der Waals surface area contributed by atoms with Crippen LogP contribution in [-0.2, 0) is 0 Å². The maximum absolute atomic E-state index is 13.0. The Morgan fingerprint density at radius 1 is 1.48 bits per heavy atom. The Hall–Kier alpha value is -1.28. The summed E-state index contributed by atoms with van der Waals surface area (Å²) in [7, 11) is 0. The second kappa shape index (κ2) is 6.23. The first-order valence-electron chi connectivity index (χ1n) is 7.03. The molecule has 0 bridgehead atoms. The lowest BCUT2D eigenvalue weighted by molar-refractivity contribution is 0.146. The molecular formula is C13H17F2N5S. The van der Waals surface area contributed by atoms with Gasteiger partial charge in [0, 0.05) is 12.0 Å². The van der Waals surface area contributed by atoms with Crippen LogP contribution in [0.15, 0.2) is 12.4 Å². The standard InChI is InChI=1S/C13H17F2N5S/c14-12(15)10-6-11(20-13(19-10)17-7-18-20)8-2-1-4-16-9(8)3-5-21/h6-9,12,16,21H,1-5H2/t8-,9-/m1/s1. The lowest BCUT2D eigenvalue weighted by atomic mass is 9.86. The predicted octanol–water partition coefficient (Wildman–Crippen LogP) is 2.22. The quantitative estimate of drug-likeness (QED) is 0.850. The Balaban J connectivity index is 2.06. The molecule has 0 amide bonds. The van der Waals surface area contributed by atoms with E-state index in [1.54, 1.807) is 4.52 Å². The van der Waals surface area contributed by atoms with Gasteiger partial charge in [0.1, 0.15) is 12.0 Å². The van der Waals surface area contributed by atoms with Gasteiger partial charge in [0.05, 0.1) is 5.69 Å². The zero-order valence-corrected chi connectivity index (χ0v) is 12.3. The first-order chi connectivity index (χ1) is 10.2. The third-order valence-electron chi connectivity index (χ3n) is 3.93. The van der Waals surface area contributed by atoms with Crippen LogP contribution >= 0.6 is 12.6 Å². The minimum atomic E-state index is -2.61. The van der Waals surface area contributed by atoms with Crippen LogP contribution in [0.3, 0.4) is 0 Å². The van der Waals surface area contributed by atoms with Crippen LogP contribution in [0.5, 0.6) is 0 Å². The summed E-state index contributed by atoms with van der Waals surface area (Å²) in [4.78, 5) is 7.83. The van der Waals surface area contributed by atoms with Crippen LogP contribution in [0.25, 0.3) is 5.78 Å². The maximum Gasteiger partial charge on any atom is 0.280 e. The molecule has 1 aliphatic heterocycles. The molecule has 1 saturated heterocycles. The summed E-state index contributed by atoms with van der Waals surface area (Å²) in [5, 5.41) is 7.60. The topological polar surface area (TPSA) is 55.1 Å². The van der Waals surface area contributed by atoms with Crippen LogP contribution in [0, 0.1) is 0 Å². The highest BCUT2D eigenvalue weighted by molar-refractivity contribution is 7.80. The largest absolute Gasteiger partial charge is 0.313 e. The van der Waals surface area contributed by atoms with Crippen molar-refractivity contribution in [3.05, 3.63) is 23.8 Å². The van der Waals surface area contributed by atoms with E-state index in [1.165, 1.54) is 12.4 Å². The molecule has 0 saturated carbocycles. The Bertz CT molecular complexity index is 616. The van der Waals surface area contributed by atoms with Crippen LogP contribution in [0.1, 0.15) is 43.0 Å². The zero-order chi connectivity index (χ0) is 14.8. The molecule has 114 valence electrons. The molecule has 1 N–H and O–H groups in total. The normalized spacial score (nSPS) is 23.0. The van der Waals surface area contributed by atoms with Gasteiger partial charge in [0.25, 0.3) is 12.2 Å². The van der Waals surface area contributed by atoms with Gasteiger partial charge in [-0.25, -0.2) is 18.3 Å². The zero-order valence-electron chi connectivity index (χ0n) is 11.4. The molecule has 0 spiro atoms. The molecule has 1 fully saturated rings. The second-order valence-electron chi connectivity index (χ2n) is 5.20. The molecule has 2 aromatic rings. The first-order valence-corrected chi connectivity index (χ1v) is 7.67. The molecule has 0 radical (unpaired) electrons. The molecule has 2 aromatic heterocycles. The number of thiol groups is 1. The van der Waals surface area contributed by atoms with E-state index < -0.39 is 6.43 Å². The Morgan fingerprint density at radius 3 is 3.10 bits per heavy atom. The van der Waals surface area contributed by atoms with Crippen LogP contribution in [0.4, 0.5) is 8.78 Å². The summed E-state index contributed by atoms with van der Waals surface area (Å²) in [6, 6.07) is 1.69. The number of halogens is 2. The second-order valence-corrected chi connectivity index (χ2v) is 5.65. The molecule has 0 aliphatic carbocycles. The summed E-state index contributed by atoms with van der Waals surface area (Å²) in [5.41, 5.74) is 0.521. The molecule has 2 atom stereocenters. The minimum Gasteiger partial charge on any atom is -0.313 e. The van der Waals surface area contributed by atoms with E-state index in [1.807, 2.05) is 0 Å². The van der Waals surface area contributed by atoms with Gasteiger partial charge in [-0.2, -0.15) is 22.7 Å². The number of fused-ring (bicyclic) bond motifs is 1. The lowest BCUT2D eigenvalue weighted by Gasteiger charge is -2.32. The SMILES string of the molecule is FC(F)c1cc([C@@H]2CCCN[C@@H]2CCS)n2ncnc2n1. The Labute approximate surface area is 126 Å². The lowest BCUT2D eigenvalue weighted by Crippen LogP contribution is -2.41. The highest BCUT2D eigenvalue weighted by Crippen LogP contribution is 2.31. The van der Waals surface area contributed by atoms with Crippen molar-refractivity contribution < 1.29 is 8.78 Å². The van der Waals surface area contributed by atoms with Crippen LogP contribution in [0.2, 0.25) is 0 Å². The number of nitrogens with one attached hydrogen (secondary N) is 1. The third-order valence-corrected chi connectivity index (χ3v) is 4.19. The van der Waals surface area contributed by atoms with E-state index in [2.05, 4.69) is 33.0 Å². The van der Waals surface area contributed by atoms with Crippen molar-refractivity contribution in [3.63, 3.8) is 0 Å². The van der Waals surface area contributed by atoms with Gasteiger partial charge < -0.3 is 5.32 Å². The minimum absolute atomic E-state index is 0.121. The molecule has 3 rings (SSSR count). The van der Waals surface area contributed by atoms with Gasteiger partial charge in [-0.15, -0.1) is 0 Å². The van der Waals surface area contributed by atoms with Gasteiger partial charge in [-0.3, -0.25) is 0 Å². The fourth-order valence-corrected chi connectivity index (χ4v) is 3.26. The number of piperidine rings is 1. The first kappa shape index (κ1) is 14.6. The number of alkyl halides is 2. The number of aromatic nitrogens is 4. The summed E-state index contributed by atoms with van der Waals surface area (Å²) >= 11 is 4.29. The van der Waals surface area contributed by atoms with E-state index in [4.69, 9.17) is 0 Å². The van der Waals surface area contributed by atoms with Gasteiger partial charge in [0.2, 0.25) is 0 Å². The Kier molecular flexibility index (Phi) is 4.34. The number of nitrogens with zero attached hydrogens (tertiary/aromatic N) is 4. The van der Waals surface area contributed by atoms with Crippen LogP contribution < -0.4 is 5.32 Å². The molecule has 3 heterocycles. The molecule has 0 unspecified atom stereocenters. The maximum atomic E-state index is 13.0. The van der Waals surface area contributed by atoms with Crippen molar-refractivity contribution in [3.8, 4) is 0 Å². The molecule has 8 heteroatoms. The molecule has 5 nitrogen and oxygen atoms in total. The summed E-state index contributed by atoms with van der Waals surface area (Å²) < 4.78 is 27.7. The van der Waals surface area contributed by atoms with Crippen molar-refractivity contribution in [1.29, 1.82) is 0 Å².